The zero-order chi connectivity index (χ0) is 15.7. The van der Waals surface area contributed by atoms with Crippen molar-refractivity contribution in [3.8, 4) is 0 Å². The molecule has 0 atom stereocenters. The van der Waals surface area contributed by atoms with E-state index in [0.29, 0.717) is 11.2 Å². The molecule has 8 heteroatoms. The molecule has 0 fully saturated rings. The standard InChI is InChI=1S/C14H9F4N3S/c15-11-4-2-1-3-9(11)8-22-13-20-19-12-6-5-10(7-21(12)13)14(16,17)18/h1-7H,8H2. The van der Waals surface area contributed by atoms with Crippen molar-refractivity contribution >= 4 is 17.4 Å². The summed E-state index contributed by atoms with van der Waals surface area (Å²) in [6.07, 6.45) is -3.50. The zero-order valence-electron chi connectivity index (χ0n) is 11.0. The van der Waals surface area contributed by atoms with E-state index >= 15 is 0 Å². The van der Waals surface area contributed by atoms with E-state index < -0.39 is 11.7 Å². The molecule has 0 unspecified atom stereocenters. The van der Waals surface area contributed by atoms with E-state index in [-0.39, 0.29) is 16.7 Å². The number of halogens is 4. The Morgan fingerprint density at radius 1 is 1.05 bits per heavy atom. The molecule has 0 saturated heterocycles. The van der Waals surface area contributed by atoms with E-state index in [1.165, 1.54) is 16.5 Å². The molecule has 3 nitrogen and oxygen atoms in total. The van der Waals surface area contributed by atoms with Crippen LogP contribution in [0.2, 0.25) is 0 Å². The second-order valence-corrected chi connectivity index (χ2v) is 5.45. The Balaban J connectivity index is 1.89. The molecule has 0 aliphatic carbocycles. The molecular formula is C14H9F4N3S. The van der Waals surface area contributed by atoms with Crippen LogP contribution in [0, 0.1) is 5.82 Å². The van der Waals surface area contributed by atoms with Gasteiger partial charge in [0.25, 0.3) is 0 Å². The maximum atomic E-state index is 13.5. The first-order valence-corrected chi connectivity index (χ1v) is 7.22. The van der Waals surface area contributed by atoms with Crippen LogP contribution in [0.4, 0.5) is 17.6 Å². The number of fused-ring (bicyclic) bond motifs is 1. The van der Waals surface area contributed by atoms with Crippen LogP contribution in [-0.2, 0) is 11.9 Å². The van der Waals surface area contributed by atoms with Crippen LogP contribution in [0.15, 0.2) is 47.8 Å². The molecule has 0 aliphatic rings. The maximum absolute atomic E-state index is 13.5. The number of aromatic nitrogens is 3. The molecule has 3 rings (SSSR count). The number of benzene rings is 1. The summed E-state index contributed by atoms with van der Waals surface area (Å²) in [4.78, 5) is 0. The van der Waals surface area contributed by atoms with Crippen molar-refractivity contribution < 1.29 is 17.6 Å². The molecule has 114 valence electrons. The first-order valence-electron chi connectivity index (χ1n) is 6.23. The Bertz CT molecular complexity index is 813. The Morgan fingerprint density at radius 2 is 1.82 bits per heavy atom. The fraction of sp³-hybridized carbons (Fsp3) is 0.143. The molecule has 0 aliphatic heterocycles. The van der Waals surface area contributed by atoms with Gasteiger partial charge in [-0.3, -0.25) is 4.40 Å². The number of alkyl halides is 3. The molecule has 3 aromatic rings. The summed E-state index contributed by atoms with van der Waals surface area (Å²) in [6.45, 7) is 0. The highest BCUT2D eigenvalue weighted by Crippen LogP contribution is 2.30. The smallest absolute Gasteiger partial charge is 0.277 e. The Hall–Kier alpha value is -2.09. The van der Waals surface area contributed by atoms with Gasteiger partial charge in [-0.25, -0.2) is 4.39 Å². The second-order valence-electron chi connectivity index (χ2n) is 4.51. The van der Waals surface area contributed by atoms with Gasteiger partial charge in [0.2, 0.25) is 0 Å². The lowest BCUT2D eigenvalue weighted by Crippen LogP contribution is -2.06. The minimum Gasteiger partial charge on any atom is -0.277 e. The Labute approximate surface area is 127 Å². The largest absolute Gasteiger partial charge is 0.417 e. The molecule has 0 amide bonds. The average molecular weight is 327 g/mol. The molecule has 0 saturated carbocycles. The predicted octanol–water partition coefficient (Wildman–Crippen LogP) is 4.18. The monoisotopic (exact) mass is 327 g/mol. The summed E-state index contributed by atoms with van der Waals surface area (Å²) in [5, 5.41) is 7.94. The molecule has 2 heterocycles. The van der Waals surface area contributed by atoms with Crippen molar-refractivity contribution in [3.05, 3.63) is 59.5 Å². The molecule has 0 radical (unpaired) electrons. The van der Waals surface area contributed by atoms with Gasteiger partial charge in [0.05, 0.1) is 5.56 Å². The summed E-state index contributed by atoms with van der Waals surface area (Å²) in [7, 11) is 0. The van der Waals surface area contributed by atoms with Crippen molar-refractivity contribution in [2.45, 2.75) is 17.1 Å². The minimum atomic E-state index is -4.44. The van der Waals surface area contributed by atoms with Crippen LogP contribution in [0.25, 0.3) is 5.65 Å². The normalized spacial score (nSPS) is 12.0. The van der Waals surface area contributed by atoms with Crippen LogP contribution in [0.5, 0.6) is 0 Å². The van der Waals surface area contributed by atoms with Crippen LogP contribution < -0.4 is 0 Å². The minimum absolute atomic E-state index is 0.254. The number of thioether (sulfide) groups is 1. The van der Waals surface area contributed by atoms with Gasteiger partial charge >= 0.3 is 6.18 Å². The third kappa shape index (κ3) is 2.92. The van der Waals surface area contributed by atoms with Crippen LogP contribution in [0.1, 0.15) is 11.1 Å². The molecular weight excluding hydrogens is 318 g/mol. The summed E-state index contributed by atoms with van der Waals surface area (Å²) >= 11 is 1.13. The highest BCUT2D eigenvalue weighted by molar-refractivity contribution is 7.98. The van der Waals surface area contributed by atoms with E-state index in [2.05, 4.69) is 10.2 Å². The van der Waals surface area contributed by atoms with E-state index in [0.717, 1.165) is 24.0 Å². The van der Waals surface area contributed by atoms with Gasteiger partial charge in [0.15, 0.2) is 10.8 Å². The highest BCUT2D eigenvalue weighted by atomic mass is 32.2. The fourth-order valence-electron chi connectivity index (χ4n) is 1.89. The number of pyridine rings is 1. The van der Waals surface area contributed by atoms with Gasteiger partial charge in [-0.05, 0) is 23.8 Å². The molecule has 0 N–H and O–H groups in total. The summed E-state index contributed by atoms with van der Waals surface area (Å²) in [6, 6.07) is 8.43. The van der Waals surface area contributed by atoms with Crippen molar-refractivity contribution in [1.82, 2.24) is 14.6 Å². The van der Waals surface area contributed by atoms with Gasteiger partial charge < -0.3 is 0 Å². The number of hydrogen-bond donors (Lipinski definition) is 0. The Morgan fingerprint density at radius 3 is 2.55 bits per heavy atom. The number of rotatable bonds is 3. The van der Waals surface area contributed by atoms with Gasteiger partial charge in [-0.15, -0.1) is 10.2 Å². The van der Waals surface area contributed by atoms with Crippen molar-refractivity contribution in [1.29, 1.82) is 0 Å². The third-order valence-electron chi connectivity index (χ3n) is 3.01. The molecule has 0 spiro atoms. The van der Waals surface area contributed by atoms with Gasteiger partial charge in [-0.2, -0.15) is 13.2 Å². The summed E-state index contributed by atoms with van der Waals surface area (Å²) in [5.74, 6) is -0.108. The van der Waals surface area contributed by atoms with Crippen molar-refractivity contribution in [3.63, 3.8) is 0 Å². The quantitative estimate of drug-likeness (QED) is 0.534. The zero-order valence-corrected chi connectivity index (χ0v) is 11.8. The van der Waals surface area contributed by atoms with Crippen molar-refractivity contribution in [2.24, 2.45) is 0 Å². The first kappa shape index (κ1) is 14.8. The van der Waals surface area contributed by atoms with Gasteiger partial charge in [-0.1, -0.05) is 30.0 Å². The summed E-state index contributed by atoms with van der Waals surface area (Å²) < 4.78 is 53.0. The van der Waals surface area contributed by atoms with E-state index in [1.807, 2.05) is 0 Å². The average Bonchev–Trinajstić information content (AvgIpc) is 2.88. The maximum Gasteiger partial charge on any atom is 0.417 e. The van der Waals surface area contributed by atoms with E-state index in [9.17, 15) is 17.6 Å². The fourth-order valence-corrected chi connectivity index (χ4v) is 2.80. The number of hydrogen-bond acceptors (Lipinski definition) is 3. The van der Waals surface area contributed by atoms with Crippen molar-refractivity contribution in [2.75, 3.05) is 0 Å². The predicted molar refractivity (Wildman–Crippen MR) is 74.0 cm³/mol. The molecule has 22 heavy (non-hydrogen) atoms. The Kier molecular flexibility index (Phi) is 3.78. The summed E-state index contributed by atoms with van der Waals surface area (Å²) in [5.41, 5.74) is -0.0206. The second kappa shape index (κ2) is 5.60. The lowest BCUT2D eigenvalue weighted by atomic mass is 10.2. The topological polar surface area (TPSA) is 30.2 Å². The SMILES string of the molecule is Fc1ccccc1CSc1nnc2ccc(C(F)(F)F)cn12. The third-order valence-corrected chi connectivity index (χ3v) is 4.00. The van der Waals surface area contributed by atoms with E-state index in [1.54, 1.807) is 18.2 Å². The molecule has 0 bridgehead atoms. The van der Waals surface area contributed by atoms with Crippen LogP contribution in [-0.4, -0.2) is 14.6 Å². The highest BCUT2D eigenvalue weighted by Gasteiger charge is 2.31. The van der Waals surface area contributed by atoms with Gasteiger partial charge in [0, 0.05) is 11.9 Å². The lowest BCUT2D eigenvalue weighted by molar-refractivity contribution is -0.137. The molecule has 1 aromatic carbocycles. The van der Waals surface area contributed by atoms with Gasteiger partial charge in [0.1, 0.15) is 5.82 Å². The van der Waals surface area contributed by atoms with Crippen LogP contribution >= 0.6 is 11.8 Å². The van der Waals surface area contributed by atoms with Crippen LogP contribution in [0.3, 0.4) is 0 Å². The van der Waals surface area contributed by atoms with E-state index in [4.69, 9.17) is 0 Å². The first-order chi connectivity index (χ1) is 10.4. The number of nitrogens with zero attached hydrogens (tertiary/aromatic N) is 3. The molecule has 2 aromatic heterocycles. The lowest BCUT2D eigenvalue weighted by Gasteiger charge is -2.07.